The molecule has 0 bridgehead atoms. The Balaban J connectivity index is 2.02. The Hall–Kier alpha value is -1.53. The molecule has 0 aromatic heterocycles. The summed E-state index contributed by atoms with van der Waals surface area (Å²) < 4.78 is 39.0. The fourth-order valence-electron chi connectivity index (χ4n) is 3.08. The van der Waals surface area contributed by atoms with Gasteiger partial charge >= 0.3 is 6.18 Å². The number of amidine groups is 1. The van der Waals surface area contributed by atoms with Crippen LogP contribution in [0.2, 0.25) is 0 Å². The predicted octanol–water partition coefficient (Wildman–Crippen LogP) is 4.44. The molecule has 2 aliphatic rings. The highest BCUT2D eigenvalue weighted by molar-refractivity contribution is 6.43. The average molecular weight is 372 g/mol. The summed E-state index contributed by atoms with van der Waals surface area (Å²) >= 11 is 6.56. The van der Waals surface area contributed by atoms with Crippen LogP contribution in [0.4, 0.5) is 18.9 Å². The lowest BCUT2D eigenvalue weighted by molar-refractivity contribution is -0.137. The SMILES string of the molecule is C/C1=C(/Cl)C(N2CCN(C)CC2)=Nc2ccc(C(F)(F)F)cc2CC1. The zero-order valence-electron chi connectivity index (χ0n) is 14.3. The van der Waals surface area contributed by atoms with E-state index in [1.807, 2.05) is 6.92 Å². The van der Waals surface area contributed by atoms with E-state index in [0.29, 0.717) is 35.0 Å². The number of fused-ring (bicyclic) bond motifs is 1. The highest BCUT2D eigenvalue weighted by Crippen LogP contribution is 2.35. The van der Waals surface area contributed by atoms with E-state index in [0.717, 1.165) is 37.8 Å². The second-order valence-corrected chi connectivity index (χ2v) is 7.04. The zero-order chi connectivity index (χ0) is 18.2. The average Bonchev–Trinajstić information content (AvgIpc) is 2.56. The largest absolute Gasteiger partial charge is 0.416 e. The molecule has 136 valence electrons. The van der Waals surface area contributed by atoms with Gasteiger partial charge < -0.3 is 9.80 Å². The van der Waals surface area contributed by atoms with Crippen LogP contribution in [0.1, 0.15) is 24.5 Å². The van der Waals surface area contributed by atoms with Gasteiger partial charge in [-0.3, -0.25) is 0 Å². The fourth-order valence-corrected chi connectivity index (χ4v) is 3.34. The number of benzene rings is 1. The molecule has 1 saturated heterocycles. The first-order valence-corrected chi connectivity index (χ1v) is 8.71. The van der Waals surface area contributed by atoms with Gasteiger partial charge in [-0.2, -0.15) is 13.2 Å². The van der Waals surface area contributed by atoms with Gasteiger partial charge in [-0.25, -0.2) is 4.99 Å². The minimum absolute atomic E-state index is 0.501. The Labute approximate surface area is 150 Å². The third-order valence-corrected chi connectivity index (χ3v) is 5.27. The van der Waals surface area contributed by atoms with Crippen LogP contribution in [0.25, 0.3) is 0 Å². The summed E-state index contributed by atoms with van der Waals surface area (Å²) in [5.74, 6) is 0.674. The molecule has 1 fully saturated rings. The summed E-state index contributed by atoms with van der Waals surface area (Å²) in [7, 11) is 2.06. The molecular formula is C18H21ClF3N3. The number of rotatable bonds is 0. The van der Waals surface area contributed by atoms with Crippen molar-refractivity contribution < 1.29 is 13.2 Å². The van der Waals surface area contributed by atoms with E-state index in [2.05, 4.69) is 21.8 Å². The lowest BCUT2D eigenvalue weighted by Gasteiger charge is -2.35. The summed E-state index contributed by atoms with van der Waals surface area (Å²) in [6.45, 7) is 5.33. The molecule has 2 aliphatic heterocycles. The molecule has 0 radical (unpaired) electrons. The molecule has 0 N–H and O–H groups in total. The first-order valence-electron chi connectivity index (χ1n) is 8.33. The van der Waals surface area contributed by atoms with Crippen molar-refractivity contribution >= 4 is 23.1 Å². The Morgan fingerprint density at radius 1 is 1.08 bits per heavy atom. The number of hydrogen-bond acceptors (Lipinski definition) is 3. The van der Waals surface area contributed by atoms with Gasteiger partial charge in [-0.05, 0) is 50.6 Å². The summed E-state index contributed by atoms with van der Waals surface area (Å²) in [5, 5.41) is 0.620. The van der Waals surface area contributed by atoms with Gasteiger partial charge in [0.2, 0.25) is 0 Å². The van der Waals surface area contributed by atoms with E-state index in [1.54, 1.807) is 0 Å². The second kappa shape index (κ2) is 7.00. The number of nitrogens with zero attached hydrogens (tertiary/aromatic N) is 3. The third-order valence-electron chi connectivity index (χ3n) is 4.78. The standard InChI is InChI=1S/C18H21ClF3N3/c1-12-3-4-13-11-14(18(20,21)22)5-6-15(13)23-17(16(12)19)25-9-7-24(2)8-10-25/h5-6,11H,3-4,7-10H2,1-2H3/b16-12-,23-17?. The van der Waals surface area contributed by atoms with Crippen molar-refractivity contribution in [2.75, 3.05) is 33.2 Å². The van der Waals surface area contributed by atoms with Crippen molar-refractivity contribution in [2.24, 2.45) is 4.99 Å². The van der Waals surface area contributed by atoms with Crippen LogP contribution in [-0.4, -0.2) is 48.9 Å². The van der Waals surface area contributed by atoms with Gasteiger partial charge in [-0.15, -0.1) is 0 Å². The number of hydrogen-bond donors (Lipinski definition) is 0. The number of aliphatic imine (C=N–C) groups is 1. The molecule has 2 heterocycles. The second-order valence-electron chi connectivity index (χ2n) is 6.66. The number of halogens is 4. The molecule has 0 atom stereocenters. The van der Waals surface area contributed by atoms with Gasteiger partial charge in [0.1, 0.15) is 5.84 Å². The first-order chi connectivity index (χ1) is 11.8. The number of piperazine rings is 1. The van der Waals surface area contributed by atoms with Gasteiger partial charge in [0.05, 0.1) is 16.3 Å². The topological polar surface area (TPSA) is 18.8 Å². The van der Waals surface area contributed by atoms with Crippen LogP contribution in [0.15, 0.2) is 33.8 Å². The fraction of sp³-hybridized carbons (Fsp3) is 0.500. The van der Waals surface area contributed by atoms with Crippen LogP contribution in [0.3, 0.4) is 0 Å². The molecule has 0 amide bonds. The number of allylic oxidation sites excluding steroid dienone is 1. The highest BCUT2D eigenvalue weighted by atomic mass is 35.5. The van der Waals surface area contributed by atoms with Gasteiger partial charge in [0, 0.05) is 26.2 Å². The first kappa shape index (κ1) is 18.3. The number of alkyl halides is 3. The summed E-state index contributed by atoms with van der Waals surface area (Å²) in [6, 6.07) is 3.77. The smallest absolute Gasteiger partial charge is 0.353 e. The van der Waals surface area contributed by atoms with Crippen molar-refractivity contribution in [1.82, 2.24) is 9.80 Å². The number of likely N-dealkylation sites (N-methyl/N-ethyl adjacent to an activating group) is 1. The molecule has 0 spiro atoms. The Kier molecular flexibility index (Phi) is 5.11. The van der Waals surface area contributed by atoms with Gasteiger partial charge in [0.25, 0.3) is 0 Å². The normalized spacial score (nSPS) is 23.0. The van der Waals surface area contributed by atoms with Crippen LogP contribution in [-0.2, 0) is 12.6 Å². The van der Waals surface area contributed by atoms with E-state index < -0.39 is 11.7 Å². The van der Waals surface area contributed by atoms with Crippen LogP contribution < -0.4 is 0 Å². The van der Waals surface area contributed by atoms with Crippen LogP contribution >= 0.6 is 11.6 Å². The maximum absolute atomic E-state index is 13.0. The Bertz CT molecular complexity index is 717. The molecule has 3 rings (SSSR count). The van der Waals surface area contributed by atoms with E-state index >= 15 is 0 Å². The van der Waals surface area contributed by atoms with Crippen molar-refractivity contribution in [3.8, 4) is 0 Å². The van der Waals surface area contributed by atoms with Crippen molar-refractivity contribution in [2.45, 2.75) is 25.9 Å². The molecule has 25 heavy (non-hydrogen) atoms. The maximum atomic E-state index is 13.0. The quantitative estimate of drug-likeness (QED) is 0.671. The molecule has 1 aromatic carbocycles. The lowest BCUT2D eigenvalue weighted by atomic mass is 9.99. The third kappa shape index (κ3) is 4.01. The van der Waals surface area contributed by atoms with Crippen molar-refractivity contribution in [3.63, 3.8) is 0 Å². The van der Waals surface area contributed by atoms with E-state index in [-0.39, 0.29) is 0 Å². The van der Waals surface area contributed by atoms with E-state index in [9.17, 15) is 13.2 Å². The monoisotopic (exact) mass is 371 g/mol. The molecular weight excluding hydrogens is 351 g/mol. The van der Waals surface area contributed by atoms with Crippen LogP contribution in [0, 0.1) is 0 Å². The molecule has 7 heteroatoms. The summed E-state index contributed by atoms with van der Waals surface area (Å²) in [5.41, 5.74) is 1.52. The zero-order valence-corrected chi connectivity index (χ0v) is 15.1. The van der Waals surface area contributed by atoms with E-state index in [1.165, 1.54) is 12.1 Å². The molecule has 3 nitrogen and oxygen atoms in total. The molecule has 0 unspecified atom stereocenters. The Morgan fingerprint density at radius 2 is 1.76 bits per heavy atom. The minimum atomic E-state index is -4.34. The van der Waals surface area contributed by atoms with Crippen molar-refractivity contribution in [1.29, 1.82) is 0 Å². The molecule has 1 aromatic rings. The molecule has 0 aliphatic carbocycles. The lowest BCUT2D eigenvalue weighted by Crippen LogP contribution is -2.47. The molecule has 0 saturated carbocycles. The minimum Gasteiger partial charge on any atom is -0.353 e. The van der Waals surface area contributed by atoms with Gasteiger partial charge in [-0.1, -0.05) is 17.2 Å². The maximum Gasteiger partial charge on any atom is 0.416 e. The Morgan fingerprint density at radius 3 is 2.40 bits per heavy atom. The van der Waals surface area contributed by atoms with Gasteiger partial charge in [0.15, 0.2) is 0 Å². The van der Waals surface area contributed by atoms with Crippen molar-refractivity contribution in [3.05, 3.63) is 39.9 Å². The number of aryl methyl sites for hydroxylation is 1. The highest BCUT2D eigenvalue weighted by Gasteiger charge is 2.31. The summed E-state index contributed by atoms with van der Waals surface area (Å²) in [6.07, 6.45) is -3.22. The predicted molar refractivity (Wildman–Crippen MR) is 94.5 cm³/mol. The summed E-state index contributed by atoms with van der Waals surface area (Å²) in [4.78, 5) is 9.02. The van der Waals surface area contributed by atoms with Crippen LogP contribution in [0.5, 0.6) is 0 Å². The van der Waals surface area contributed by atoms with E-state index in [4.69, 9.17) is 11.6 Å².